The molecule has 0 saturated carbocycles. The smallest absolute Gasteiger partial charge is 0.406 e. The lowest BCUT2D eigenvalue weighted by Gasteiger charge is -2.02. The molecule has 0 aliphatic carbocycles. The summed E-state index contributed by atoms with van der Waals surface area (Å²) in [7, 11) is 0. The van der Waals surface area contributed by atoms with E-state index in [1.54, 1.807) is 16.8 Å². The van der Waals surface area contributed by atoms with Gasteiger partial charge in [0.25, 0.3) is 0 Å². The highest BCUT2D eigenvalue weighted by atomic mass is 79.9. The van der Waals surface area contributed by atoms with E-state index in [2.05, 4.69) is 20.9 Å². The number of benzene rings is 1. The number of nitrogens with zero attached hydrogens (tertiary/aromatic N) is 2. The summed E-state index contributed by atoms with van der Waals surface area (Å²) in [6, 6.07) is 11.8. The summed E-state index contributed by atoms with van der Waals surface area (Å²) >= 11 is 3.31. The highest BCUT2D eigenvalue weighted by Crippen LogP contribution is 2.16. The minimum absolute atomic E-state index is 0.364. The normalized spacial score (nSPS) is 11.0. The Labute approximate surface area is 117 Å². The van der Waals surface area contributed by atoms with Crippen LogP contribution in [0.2, 0.25) is 0 Å². The van der Waals surface area contributed by atoms with E-state index in [1.165, 1.54) is 5.56 Å². The van der Waals surface area contributed by atoms with Crippen molar-refractivity contribution in [2.75, 3.05) is 0 Å². The summed E-state index contributed by atoms with van der Waals surface area (Å²) in [5.41, 5.74) is 2.28. The van der Waals surface area contributed by atoms with Crippen LogP contribution in [0.1, 0.15) is 5.56 Å². The molecule has 0 unspecified atom stereocenters. The van der Waals surface area contributed by atoms with Crippen molar-refractivity contribution in [3.63, 3.8) is 0 Å². The molecule has 0 aliphatic heterocycles. The summed E-state index contributed by atoms with van der Waals surface area (Å²) in [5, 5.41) is 0. The Morgan fingerprint density at radius 1 is 1.26 bits per heavy atom. The van der Waals surface area contributed by atoms with E-state index < -0.39 is 0 Å². The van der Waals surface area contributed by atoms with Gasteiger partial charge in [0.2, 0.25) is 0 Å². The first-order chi connectivity index (χ1) is 9.24. The Balaban J connectivity index is 1.93. The van der Waals surface area contributed by atoms with Crippen LogP contribution >= 0.6 is 15.9 Å². The molecule has 0 atom stereocenters. The van der Waals surface area contributed by atoms with Crippen molar-refractivity contribution in [3.8, 4) is 0 Å². The van der Waals surface area contributed by atoms with E-state index in [0.717, 1.165) is 10.9 Å². The predicted molar refractivity (Wildman–Crippen MR) is 76.1 cm³/mol. The molecule has 19 heavy (non-hydrogen) atoms. The van der Waals surface area contributed by atoms with Crippen molar-refractivity contribution in [2.24, 2.45) is 0 Å². The molecule has 0 saturated heterocycles. The topological polar surface area (TPSA) is 48.0 Å². The SMILES string of the molecule is O=c1oc2cc(Br)cnc2n1CCc1ccccc1. The van der Waals surface area contributed by atoms with Crippen molar-refractivity contribution in [2.45, 2.75) is 13.0 Å². The number of aromatic nitrogens is 2. The second-order valence-electron chi connectivity index (χ2n) is 4.23. The van der Waals surface area contributed by atoms with Gasteiger partial charge in [0.1, 0.15) is 0 Å². The third-order valence-electron chi connectivity index (χ3n) is 2.94. The molecule has 4 nitrogen and oxygen atoms in total. The van der Waals surface area contributed by atoms with Crippen LogP contribution in [0.3, 0.4) is 0 Å². The monoisotopic (exact) mass is 318 g/mol. The Bertz CT molecular complexity index is 762. The highest BCUT2D eigenvalue weighted by Gasteiger charge is 2.10. The number of halogens is 1. The van der Waals surface area contributed by atoms with Gasteiger partial charge in [-0.15, -0.1) is 0 Å². The Morgan fingerprint density at radius 3 is 2.84 bits per heavy atom. The van der Waals surface area contributed by atoms with Gasteiger partial charge in [0.15, 0.2) is 11.2 Å². The number of hydrogen-bond acceptors (Lipinski definition) is 3. The molecule has 3 aromatic rings. The van der Waals surface area contributed by atoms with E-state index >= 15 is 0 Å². The number of hydrogen-bond donors (Lipinski definition) is 0. The maximum atomic E-state index is 11.8. The fourth-order valence-corrected chi connectivity index (χ4v) is 2.32. The zero-order valence-electron chi connectivity index (χ0n) is 10.0. The summed E-state index contributed by atoms with van der Waals surface area (Å²) in [6.45, 7) is 0.560. The van der Waals surface area contributed by atoms with Crippen LogP contribution in [0.5, 0.6) is 0 Å². The minimum atomic E-state index is -0.364. The standard InChI is InChI=1S/C14H11BrN2O2/c15-11-8-12-13(16-9-11)17(14(18)19-12)7-6-10-4-2-1-3-5-10/h1-5,8-9H,6-7H2. The average molecular weight is 319 g/mol. The van der Waals surface area contributed by atoms with E-state index in [1.807, 2.05) is 30.3 Å². The maximum Gasteiger partial charge on any atom is 0.421 e. The van der Waals surface area contributed by atoms with Gasteiger partial charge >= 0.3 is 5.76 Å². The number of rotatable bonds is 3. The van der Waals surface area contributed by atoms with Gasteiger partial charge in [0.05, 0.1) is 0 Å². The largest absolute Gasteiger partial charge is 0.421 e. The molecule has 0 amide bonds. The van der Waals surface area contributed by atoms with Gasteiger partial charge in [-0.25, -0.2) is 9.78 Å². The van der Waals surface area contributed by atoms with Gasteiger partial charge < -0.3 is 4.42 Å². The van der Waals surface area contributed by atoms with E-state index in [-0.39, 0.29) is 5.76 Å². The zero-order valence-corrected chi connectivity index (χ0v) is 11.6. The molecule has 0 radical (unpaired) electrons. The average Bonchev–Trinajstić information content (AvgIpc) is 2.72. The lowest BCUT2D eigenvalue weighted by molar-refractivity contribution is 0.505. The molecule has 2 heterocycles. The van der Waals surface area contributed by atoms with Gasteiger partial charge in [-0.3, -0.25) is 4.57 Å². The number of fused-ring (bicyclic) bond motifs is 1. The summed E-state index contributed by atoms with van der Waals surface area (Å²) in [6.07, 6.45) is 2.43. The van der Waals surface area contributed by atoms with Crippen molar-refractivity contribution in [1.82, 2.24) is 9.55 Å². The van der Waals surface area contributed by atoms with Crippen LogP contribution in [-0.2, 0) is 13.0 Å². The Hall–Kier alpha value is -1.88. The number of oxazole rings is 1. The first kappa shape index (κ1) is 12.2. The molecule has 96 valence electrons. The third kappa shape index (κ3) is 2.46. The van der Waals surface area contributed by atoms with Crippen molar-refractivity contribution in [3.05, 3.63) is 63.2 Å². The highest BCUT2D eigenvalue weighted by molar-refractivity contribution is 9.10. The fraction of sp³-hybridized carbons (Fsp3) is 0.143. The minimum Gasteiger partial charge on any atom is -0.406 e. The van der Waals surface area contributed by atoms with Crippen LogP contribution in [-0.4, -0.2) is 9.55 Å². The summed E-state index contributed by atoms with van der Waals surface area (Å²) in [5.74, 6) is -0.364. The molecule has 0 aliphatic rings. The van der Waals surface area contributed by atoms with Gasteiger partial charge in [0, 0.05) is 23.3 Å². The molecule has 1 aromatic carbocycles. The lowest BCUT2D eigenvalue weighted by Crippen LogP contribution is -2.16. The van der Waals surface area contributed by atoms with Crippen LogP contribution in [0, 0.1) is 0 Å². The molecule has 2 aromatic heterocycles. The molecular weight excluding hydrogens is 308 g/mol. The quantitative estimate of drug-likeness (QED) is 0.746. The zero-order chi connectivity index (χ0) is 13.2. The molecule has 0 fully saturated rings. The first-order valence-corrected chi connectivity index (χ1v) is 6.72. The molecular formula is C14H11BrN2O2. The molecule has 0 N–H and O–H groups in total. The van der Waals surface area contributed by atoms with Crippen molar-refractivity contribution >= 4 is 27.2 Å². The van der Waals surface area contributed by atoms with E-state index in [9.17, 15) is 4.79 Å². The number of aryl methyl sites for hydroxylation is 2. The van der Waals surface area contributed by atoms with Gasteiger partial charge in [-0.2, -0.15) is 0 Å². The van der Waals surface area contributed by atoms with Crippen molar-refractivity contribution in [1.29, 1.82) is 0 Å². The Morgan fingerprint density at radius 2 is 2.05 bits per heavy atom. The van der Waals surface area contributed by atoms with E-state index in [0.29, 0.717) is 17.8 Å². The Kier molecular flexibility index (Phi) is 3.21. The van der Waals surface area contributed by atoms with Gasteiger partial charge in [-0.1, -0.05) is 30.3 Å². The second-order valence-corrected chi connectivity index (χ2v) is 5.15. The molecule has 5 heteroatoms. The predicted octanol–water partition coefficient (Wildman–Crippen LogP) is 2.99. The number of pyridine rings is 1. The third-order valence-corrected chi connectivity index (χ3v) is 3.37. The van der Waals surface area contributed by atoms with Crippen molar-refractivity contribution < 1.29 is 4.42 Å². The van der Waals surface area contributed by atoms with Crippen LogP contribution < -0.4 is 5.76 Å². The molecule has 3 rings (SSSR count). The van der Waals surface area contributed by atoms with E-state index in [4.69, 9.17) is 4.42 Å². The van der Waals surface area contributed by atoms with Crippen LogP contribution in [0.15, 0.2) is 56.3 Å². The summed E-state index contributed by atoms with van der Waals surface area (Å²) < 4.78 is 7.54. The van der Waals surface area contributed by atoms with Crippen LogP contribution in [0.25, 0.3) is 11.2 Å². The molecule has 0 spiro atoms. The summed E-state index contributed by atoms with van der Waals surface area (Å²) in [4.78, 5) is 16.0. The maximum absolute atomic E-state index is 11.8. The lowest BCUT2D eigenvalue weighted by atomic mass is 10.1. The second kappa shape index (κ2) is 5.01. The van der Waals surface area contributed by atoms with Crippen LogP contribution in [0.4, 0.5) is 0 Å². The first-order valence-electron chi connectivity index (χ1n) is 5.93. The molecule has 0 bridgehead atoms. The fourth-order valence-electron chi connectivity index (χ4n) is 2.01. The van der Waals surface area contributed by atoms with Gasteiger partial charge in [-0.05, 0) is 27.9 Å².